The van der Waals surface area contributed by atoms with Crippen molar-refractivity contribution < 1.29 is 5.11 Å². The van der Waals surface area contributed by atoms with E-state index in [4.69, 9.17) is 12.2 Å². The Morgan fingerprint density at radius 2 is 2.43 bits per heavy atom. The van der Waals surface area contributed by atoms with Crippen molar-refractivity contribution in [2.75, 3.05) is 13.1 Å². The van der Waals surface area contributed by atoms with Gasteiger partial charge < -0.3 is 15.3 Å². The fourth-order valence-corrected chi connectivity index (χ4v) is 2.10. The van der Waals surface area contributed by atoms with Crippen LogP contribution in [0.1, 0.15) is 20.3 Å². The van der Waals surface area contributed by atoms with Gasteiger partial charge >= 0.3 is 0 Å². The standard InChI is InChI=1S/C10H18N2OS/c1-4-6-11-9(14)12-7-5-8(13)10(12,2)3/h4,8,13H,1,5-7H2,2-3H3,(H,11,14). The van der Waals surface area contributed by atoms with Crippen molar-refractivity contribution in [1.82, 2.24) is 10.2 Å². The van der Waals surface area contributed by atoms with Gasteiger partial charge in [-0.2, -0.15) is 0 Å². The summed E-state index contributed by atoms with van der Waals surface area (Å²) in [5.41, 5.74) is -0.259. The summed E-state index contributed by atoms with van der Waals surface area (Å²) in [5, 5.41) is 13.5. The van der Waals surface area contributed by atoms with Gasteiger partial charge in [-0.05, 0) is 32.5 Å². The summed E-state index contributed by atoms with van der Waals surface area (Å²) >= 11 is 5.24. The molecular weight excluding hydrogens is 196 g/mol. The molecule has 0 amide bonds. The number of thiocarbonyl (C=S) groups is 1. The number of nitrogens with zero attached hydrogens (tertiary/aromatic N) is 1. The number of hydrogen-bond acceptors (Lipinski definition) is 2. The van der Waals surface area contributed by atoms with Gasteiger partial charge in [0.05, 0.1) is 11.6 Å². The first kappa shape index (κ1) is 11.5. The largest absolute Gasteiger partial charge is 0.391 e. The monoisotopic (exact) mass is 214 g/mol. The van der Waals surface area contributed by atoms with E-state index < -0.39 is 0 Å². The molecule has 2 N–H and O–H groups in total. The first-order valence-corrected chi connectivity index (χ1v) is 5.25. The Balaban J connectivity index is 2.60. The third-order valence-electron chi connectivity index (χ3n) is 2.78. The van der Waals surface area contributed by atoms with E-state index in [0.29, 0.717) is 11.7 Å². The number of rotatable bonds is 2. The molecule has 0 bridgehead atoms. The normalized spacial score (nSPS) is 24.8. The molecular formula is C10H18N2OS. The van der Waals surface area contributed by atoms with E-state index >= 15 is 0 Å². The van der Waals surface area contributed by atoms with E-state index in [9.17, 15) is 5.11 Å². The molecule has 3 nitrogen and oxygen atoms in total. The molecule has 1 rings (SSSR count). The second-order valence-corrected chi connectivity index (χ2v) is 4.47. The van der Waals surface area contributed by atoms with Gasteiger partial charge in [0, 0.05) is 13.1 Å². The van der Waals surface area contributed by atoms with Crippen LogP contribution in [0.2, 0.25) is 0 Å². The molecule has 1 aliphatic rings. The van der Waals surface area contributed by atoms with Crippen LogP contribution in [0.15, 0.2) is 12.7 Å². The van der Waals surface area contributed by atoms with Crippen LogP contribution in [0, 0.1) is 0 Å². The molecule has 0 spiro atoms. The SMILES string of the molecule is C=CCNC(=S)N1CCC(O)C1(C)C. The summed E-state index contributed by atoms with van der Waals surface area (Å²) in [7, 11) is 0. The molecule has 0 radical (unpaired) electrons. The first-order valence-electron chi connectivity index (χ1n) is 4.84. The minimum atomic E-state index is -0.300. The average molecular weight is 214 g/mol. The zero-order valence-corrected chi connectivity index (χ0v) is 9.60. The Labute approximate surface area is 90.8 Å². The van der Waals surface area contributed by atoms with Gasteiger partial charge in [0.2, 0.25) is 0 Å². The van der Waals surface area contributed by atoms with Crippen molar-refractivity contribution in [3.63, 3.8) is 0 Å². The van der Waals surface area contributed by atoms with E-state index in [2.05, 4.69) is 11.9 Å². The van der Waals surface area contributed by atoms with Crippen LogP contribution in [0.25, 0.3) is 0 Å². The number of hydrogen-bond donors (Lipinski definition) is 2. The minimum absolute atomic E-state index is 0.259. The Morgan fingerprint density at radius 1 is 1.79 bits per heavy atom. The Morgan fingerprint density at radius 3 is 2.86 bits per heavy atom. The van der Waals surface area contributed by atoms with Crippen LogP contribution >= 0.6 is 12.2 Å². The van der Waals surface area contributed by atoms with Gasteiger partial charge in [0.1, 0.15) is 0 Å². The van der Waals surface area contributed by atoms with Crippen molar-refractivity contribution >= 4 is 17.3 Å². The van der Waals surface area contributed by atoms with Crippen molar-refractivity contribution in [1.29, 1.82) is 0 Å². The number of aliphatic hydroxyl groups excluding tert-OH is 1. The van der Waals surface area contributed by atoms with Crippen LogP contribution in [-0.2, 0) is 0 Å². The Bertz CT molecular complexity index is 240. The van der Waals surface area contributed by atoms with Crippen molar-refractivity contribution in [2.45, 2.75) is 31.9 Å². The molecule has 1 saturated heterocycles. The predicted octanol–water partition coefficient (Wildman–Crippen LogP) is 0.892. The van der Waals surface area contributed by atoms with Gasteiger partial charge in [-0.3, -0.25) is 0 Å². The number of aliphatic hydroxyl groups is 1. The van der Waals surface area contributed by atoms with Gasteiger partial charge in [0.25, 0.3) is 0 Å². The van der Waals surface area contributed by atoms with Gasteiger partial charge in [-0.15, -0.1) is 6.58 Å². The summed E-state index contributed by atoms with van der Waals surface area (Å²) in [4.78, 5) is 2.04. The lowest BCUT2D eigenvalue weighted by molar-refractivity contribution is 0.0854. The second kappa shape index (κ2) is 4.28. The quantitative estimate of drug-likeness (QED) is 0.529. The van der Waals surface area contributed by atoms with Crippen LogP contribution in [0.4, 0.5) is 0 Å². The first-order chi connectivity index (χ1) is 6.50. The summed E-state index contributed by atoms with van der Waals surface area (Å²) in [6.07, 6.45) is 2.25. The van der Waals surface area contributed by atoms with E-state index in [0.717, 1.165) is 13.0 Å². The zero-order valence-electron chi connectivity index (χ0n) is 8.79. The molecule has 0 aromatic carbocycles. The minimum Gasteiger partial charge on any atom is -0.391 e. The Kier molecular flexibility index (Phi) is 3.50. The van der Waals surface area contributed by atoms with Gasteiger partial charge in [-0.1, -0.05) is 6.08 Å². The smallest absolute Gasteiger partial charge is 0.169 e. The summed E-state index contributed by atoms with van der Waals surface area (Å²) in [6, 6.07) is 0. The number of nitrogens with one attached hydrogen (secondary N) is 1. The highest BCUT2D eigenvalue weighted by Crippen LogP contribution is 2.28. The van der Waals surface area contributed by atoms with Crippen LogP contribution in [0.5, 0.6) is 0 Å². The average Bonchev–Trinajstić information content (AvgIpc) is 2.38. The lowest BCUT2D eigenvalue weighted by Crippen LogP contribution is -2.51. The lowest BCUT2D eigenvalue weighted by Gasteiger charge is -2.35. The van der Waals surface area contributed by atoms with E-state index in [1.165, 1.54) is 0 Å². The van der Waals surface area contributed by atoms with E-state index in [1.807, 2.05) is 18.7 Å². The maximum atomic E-state index is 9.75. The molecule has 1 unspecified atom stereocenters. The summed E-state index contributed by atoms with van der Waals surface area (Å²) in [5.74, 6) is 0. The molecule has 1 heterocycles. The van der Waals surface area contributed by atoms with E-state index in [-0.39, 0.29) is 11.6 Å². The fourth-order valence-electron chi connectivity index (χ4n) is 1.69. The molecule has 0 aromatic rings. The topological polar surface area (TPSA) is 35.5 Å². The van der Waals surface area contributed by atoms with Gasteiger partial charge in [-0.25, -0.2) is 0 Å². The molecule has 1 fully saturated rings. The third-order valence-corrected chi connectivity index (χ3v) is 3.14. The lowest BCUT2D eigenvalue weighted by atomic mass is 9.99. The summed E-state index contributed by atoms with van der Waals surface area (Å²) < 4.78 is 0. The number of likely N-dealkylation sites (tertiary alicyclic amines) is 1. The van der Waals surface area contributed by atoms with Crippen molar-refractivity contribution in [2.24, 2.45) is 0 Å². The molecule has 1 aliphatic heterocycles. The fraction of sp³-hybridized carbons (Fsp3) is 0.700. The molecule has 0 saturated carbocycles. The van der Waals surface area contributed by atoms with Crippen LogP contribution in [0.3, 0.4) is 0 Å². The molecule has 14 heavy (non-hydrogen) atoms. The molecule has 0 aromatic heterocycles. The highest BCUT2D eigenvalue weighted by atomic mass is 32.1. The van der Waals surface area contributed by atoms with Crippen LogP contribution in [-0.4, -0.2) is 39.9 Å². The highest BCUT2D eigenvalue weighted by molar-refractivity contribution is 7.80. The molecule has 1 atom stereocenters. The highest BCUT2D eigenvalue weighted by Gasteiger charge is 2.41. The van der Waals surface area contributed by atoms with Crippen LogP contribution < -0.4 is 5.32 Å². The maximum absolute atomic E-state index is 9.75. The van der Waals surface area contributed by atoms with Crippen molar-refractivity contribution in [3.8, 4) is 0 Å². The molecule has 80 valence electrons. The van der Waals surface area contributed by atoms with Crippen molar-refractivity contribution in [3.05, 3.63) is 12.7 Å². The Hall–Kier alpha value is -0.610. The van der Waals surface area contributed by atoms with Gasteiger partial charge in [0.15, 0.2) is 5.11 Å². The zero-order chi connectivity index (χ0) is 10.8. The third kappa shape index (κ3) is 2.07. The van der Waals surface area contributed by atoms with E-state index in [1.54, 1.807) is 6.08 Å². The predicted molar refractivity (Wildman–Crippen MR) is 62.2 cm³/mol. The molecule has 0 aliphatic carbocycles. The maximum Gasteiger partial charge on any atom is 0.169 e. The molecule has 4 heteroatoms. The summed E-state index contributed by atoms with van der Waals surface area (Å²) in [6.45, 7) is 9.12. The second-order valence-electron chi connectivity index (χ2n) is 4.08.